The molecular formula is C31H35FN2O3. The van der Waals surface area contributed by atoms with E-state index in [1.165, 1.54) is 30.5 Å². The van der Waals surface area contributed by atoms with E-state index in [-0.39, 0.29) is 23.9 Å². The average molecular weight is 503 g/mol. The zero-order valence-electron chi connectivity index (χ0n) is 21.6. The molecule has 0 radical (unpaired) electrons. The van der Waals surface area contributed by atoms with Gasteiger partial charge in [-0.3, -0.25) is 4.79 Å². The molecule has 0 aliphatic carbocycles. The smallest absolute Gasteiger partial charge is 0.254 e. The van der Waals surface area contributed by atoms with E-state index < -0.39 is 0 Å². The van der Waals surface area contributed by atoms with Crippen molar-refractivity contribution in [2.24, 2.45) is 0 Å². The van der Waals surface area contributed by atoms with Gasteiger partial charge in [-0.05, 0) is 104 Å². The highest BCUT2D eigenvalue weighted by molar-refractivity contribution is 5.94. The molecule has 3 unspecified atom stereocenters. The summed E-state index contributed by atoms with van der Waals surface area (Å²) in [4.78, 5) is 15.4. The minimum atomic E-state index is -0.347. The monoisotopic (exact) mass is 502 g/mol. The van der Waals surface area contributed by atoms with Gasteiger partial charge in [0, 0.05) is 18.2 Å². The van der Waals surface area contributed by atoms with Crippen LogP contribution in [-0.4, -0.2) is 43.2 Å². The van der Waals surface area contributed by atoms with Gasteiger partial charge in [0.2, 0.25) is 0 Å². The van der Waals surface area contributed by atoms with Crippen molar-refractivity contribution in [3.05, 3.63) is 94.8 Å². The SMILES string of the molecule is COc1ccc2c(c1)CCN(C(=O)c1ccc(F)cc1)C2Cc1ccc(OC(C)C2CCCCN2)cc1. The van der Waals surface area contributed by atoms with E-state index in [0.29, 0.717) is 24.6 Å². The van der Waals surface area contributed by atoms with Crippen molar-refractivity contribution in [3.63, 3.8) is 0 Å². The number of ether oxygens (including phenoxy) is 2. The van der Waals surface area contributed by atoms with Crippen LogP contribution in [0.2, 0.25) is 0 Å². The molecule has 3 atom stereocenters. The maximum atomic E-state index is 13.5. The largest absolute Gasteiger partial charge is 0.497 e. The number of carbonyl (C=O) groups is 1. The summed E-state index contributed by atoms with van der Waals surface area (Å²) in [5.74, 6) is 1.25. The summed E-state index contributed by atoms with van der Waals surface area (Å²) in [6, 6.07) is 20.4. The number of hydrogen-bond acceptors (Lipinski definition) is 4. The number of halogens is 1. The molecule has 1 N–H and O–H groups in total. The molecule has 6 heteroatoms. The van der Waals surface area contributed by atoms with Gasteiger partial charge in [0.25, 0.3) is 5.91 Å². The lowest BCUT2D eigenvalue weighted by Crippen LogP contribution is -2.44. The van der Waals surface area contributed by atoms with Crippen LogP contribution in [0.25, 0.3) is 0 Å². The third kappa shape index (κ3) is 5.80. The molecule has 3 aromatic rings. The van der Waals surface area contributed by atoms with Crippen molar-refractivity contribution in [1.82, 2.24) is 10.2 Å². The second-order valence-electron chi connectivity index (χ2n) is 10.1. The fraction of sp³-hybridized carbons (Fsp3) is 0.387. The van der Waals surface area contributed by atoms with E-state index in [4.69, 9.17) is 9.47 Å². The molecule has 0 aromatic heterocycles. The lowest BCUT2D eigenvalue weighted by molar-refractivity contribution is 0.0660. The summed E-state index contributed by atoms with van der Waals surface area (Å²) >= 11 is 0. The zero-order chi connectivity index (χ0) is 25.8. The van der Waals surface area contributed by atoms with Gasteiger partial charge in [0.15, 0.2) is 0 Å². The number of carbonyl (C=O) groups excluding carboxylic acids is 1. The number of piperidine rings is 1. The van der Waals surface area contributed by atoms with E-state index in [0.717, 1.165) is 42.0 Å². The number of benzene rings is 3. The molecule has 2 heterocycles. The molecule has 2 aliphatic rings. The highest BCUT2D eigenvalue weighted by atomic mass is 19.1. The van der Waals surface area contributed by atoms with Crippen molar-refractivity contribution in [3.8, 4) is 11.5 Å². The summed E-state index contributed by atoms with van der Waals surface area (Å²) in [5.41, 5.74) is 3.94. The quantitative estimate of drug-likeness (QED) is 0.449. The van der Waals surface area contributed by atoms with E-state index in [9.17, 15) is 9.18 Å². The summed E-state index contributed by atoms with van der Waals surface area (Å²) in [7, 11) is 1.67. The van der Waals surface area contributed by atoms with Gasteiger partial charge < -0.3 is 19.7 Å². The van der Waals surface area contributed by atoms with Gasteiger partial charge in [-0.1, -0.05) is 24.6 Å². The second-order valence-corrected chi connectivity index (χ2v) is 10.1. The van der Waals surface area contributed by atoms with Gasteiger partial charge in [-0.15, -0.1) is 0 Å². The lowest BCUT2D eigenvalue weighted by Gasteiger charge is -2.38. The zero-order valence-corrected chi connectivity index (χ0v) is 21.6. The molecule has 1 fully saturated rings. The van der Waals surface area contributed by atoms with Gasteiger partial charge in [-0.2, -0.15) is 0 Å². The van der Waals surface area contributed by atoms with Crippen LogP contribution in [0.5, 0.6) is 11.5 Å². The van der Waals surface area contributed by atoms with Crippen molar-refractivity contribution in [1.29, 1.82) is 0 Å². The molecule has 3 aromatic carbocycles. The van der Waals surface area contributed by atoms with E-state index in [1.807, 2.05) is 23.1 Å². The lowest BCUT2D eigenvalue weighted by atomic mass is 9.88. The van der Waals surface area contributed by atoms with E-state index in [2.05, 4.69) is 36.5 Å². The van der Waals surface area contributed by atoms with Crippen LogP contribution >= 0.6 is 0 Å². The molecule has 5 nitrogen and oxygen atoms in total. The fourth-order valence-electron chi connectivity index (χ4n) is 5.54. The number of hydrogen-bond donors (Lipinski definition) is 1. The van der Waals surface area contributed by atoms with Crippen LogP contribution in [0.4, 0.5) is 4.39 Å². The van der Waals surface area contributed by atoms with Gasteiger partial charge in [0.05, 0.1) is 13.2 Å². The van der Waals surface area contributed by atoms with Gasteiger partial charge >= 0.3 is 0 Å². The molecule has 0 bridgehead atoms. The first-order valence-corrected chi connectivity index (χ1v) is 13.2. The number of nitrogens with one attached hydrogen (secondary N) is 1. The molecule has 1 saturated heterocycles. The summed E-state index contributed by atoms with van der Waals surface area (Å²) in [6.45, 7) is 3.77. The summed E-state index contributed by atoms with van der Waals surface area (Å²) < 4.78 is 25.2. The fourth-order valence-corrected chi connectivity index (χ4v) is 5.54. The Labute approximate surface area is 218 Å². The maximum absolute atomic E-state index is 13.5. The Morgan fingerprint density at radius 1 is 1.05 bits per heavy atom. The van der Waals surface area contributed by atoms with Crippen molar-refractivity contribution < 1.29 is 18.7 Å². The van der Waals surface area contributed by atoms with Crippen molar-refractivity contribution >= 4 is 5.91 Å². The van der Waals surface area contributed by atoms with Gasteiger partial charge in [-0.25, -0.2) is 4.39 Å². The Balaban J connectivity index is 1.36. The topological polar surface area (TPSA) is 50.8 Å². The average Bonchev–Trinajstić information content (AvgIpc) is 2.94. The maximum Gasteiger partial charge on any atom is 0.254 e. The molecule has 37 heavy (non-hydrogen) atoms. The number of methoxy groups -OCH3 is 1. The van der Waals surface area contributed by atoms with Crippen LogP contribution in [0.1, 0.15) is 59.3 Å². The van der Waals surface area contributed by atoms with Crippen molar-refractivity contribution in [2.45, 2.75) is 57.2 Å². The van der Waals surface area contributed by atoms with Crippen LogP contribution in [-0.2, 0) is 12.8 Å². The minimum absolute atomic E-state index is 0.0831. The minimum Gasteiger partial charge on any atom is -0.497 e. The normalized spacial score (nSPS) is 20.1. The van der Waals surface area contributed by atoms with Crippen LogP contribution < -0.4 is 14.8 Å². The number of amides is 1. The third-order valence-corrected chi connectivity index (χ3v) is 7.65. The summed E-state index contributed by atoms with van der Waals surface area (Å²) in [5, 5.41) is 3.56. The van der Waals surface area contributed by atoms with E-state index >= 15 is 0 Å². The standard InChI is InChI=1S/C31H35FN2O3/c1-21(29-5-3-4-17-33-29)37-26-12-6-22(7-13-26)19-30-28-15-14-27(36-2)20-24(28)16-18-34(30)31(35)23-8-10-25(32)11-9-23/h6-15,20-21,29-30,33H,3-5,16-19H2,1-2H3. The van der Waals surface area contributed by atoms with Crippen LogP contribution in [0.3, 0.4) is 0 Å². The predicted molar refractivity (Wildman–Crippen MR) is 143 cm³/mol. The number of nitrogens with zero attached hydrogens (tertiary/aromatic N) is 1. The Kier molecular flexibility index (Phi) is 7.75. The van der Waals surface area contributed by atoms with E-state index in [1.54, 1.807) is 19.2 Å². The summed E-state index contributed by atoms with van der Waals surface area (Å²) in [6.07, 6.45) is 5.14. The number of rotatable bonds is 7. The second kappa shape index (κ2) is 11.3. The van der Waals surface area contributed by atoms with Crippen molar-refractivity contribution in [2.75, 3.05) is 20.2 Å². The Bertz CT molecular complexity index is 1210. The Morgan fingerprint density at radius 2 is 1.81 bits per heavy atom. The first kappa shape index (κ1) is 25.3. The molecule has 0 spiro atoms. The first-order valence-electron chi connectivity index (χ1n) is 13.2. The molecule has 0 saturated carbocycles. The number of fused-ring (bicyclic) bond motifs is 1. The third-order valence-electron chi connectivity index (χ3n) is 7.65. The predicted octanol–water partition coefficient (Wildman–Crippen LogP) is 5.73. The molecule has 1 amide bonds. The molecule has 2 aliphatic heterocycles. The molecule has 194 valence electrons. The van der Waals surface area contributed by atoms with Crippen LogP contribution in [0.15, 0.2) is 66.7 Å². The molecular weight excluding hydrogens is 467 g/mol. The highest BCUT2D eigenvalue weighted by Gasteiger charge is 2.32. The Morgan fingerprint density at radius 3 is 2.51 bits per heavy atom. The Hall–Kier alpha value is -3.38. The molecule has 5 rings (SSSR count). The first-order chi connectivity index (χ1) is 18.0. The van der Waals surface area contributed by atoms with Gasteiger partial charge in [0.1, 0.15) is 23.4 Å². The van der Waals surface area contributed by atoms with Crippen LogP contribution in [0, 0.1) is 5.82 Å². The highest BCUT2D eigenvalue weighted by Crippen LogP contribution is 2.36.